The molecule has 0 nitrogen and oxygen atoms in total. The van der Waals surface area contributed by atoms with E-state index in [1.165, 1.54) is 16.0 Å². The van der Waals surface area contributed by atoms with Gasteiger partial charge in [-0.05, 0) is 35.7 Å². The second kappa shape index (κ2) is 2.67. The second-order valence-corrected chi connectivity index (χ2v) is 5.00. The molecule has 0 fully saturated rings. The topological polar surface area (TPSA) is 0 Å². The van der Waals surface area contributed by atoms with Crippen molar-refractivity contribution in [3.63, 3.8) is 0 Å². The predicted octanol–water partition coefficient (Wildman–Crippen LogP) is 2.23. The summed E-state index contributed by atoms with van der Waals surface area (Å²) in [5, 5.41) is 2.57. The van der Waals surface area contributed by atoms with Crippen LogP contribution in [0.3, 0.4) is 0 Å². The van der Waals surface area contributed by atoms with E-state index in [0.29, 0.717) is 5.31 Å². The largest absolute Gasteiger partial charge is 0.149 e. The molecule has 0 bridgehead atoms. The Morgan fingerprint density at radius 1 is 1.36 bits per heavy atom. The summed E-state index contributed by atoms with van der Waals surface area (Å²) < 4.78 is 0. The molecule has 11 heavy (non-hydrogen) atoms. The lowest BCUT2D eigenvalue weighted by molar-refractivity contribution is 0.776. The fraction of sp³-hybridized carbons (Fsp3) is 0.556. The van der Waals surface area contributed by atoms with Crippen LogP contribution in [0.25, 0.3) is 0 Å². The molecule has 1 rings (SSSR count). The van der Waals surface area contributed by atoms with E-state index in [9.17, 15) is 0 Å². The molecule has 0 N–H and O–H groups in total. The van der Waals surface area contributed by atoms with Gasteiger partial charge in [-0.15, -0.1) is 11.3 Å². The Bertz CT molecular complexity index is 255. The predicted molar refractivity (Wildman–Crippen MR) is 55.4 cm³/mol. The molecule has 1 aromatic heterocycles. The molecule has 0 aliphatic rings. The van der Waals surface area contributed by atoms with Crippen molar-refractivity contribution in [1.29, 1.82) is 0 Å². The van der Waals surface area contributed by atoms with Gasteiger partial charge in [0.15, 0.2) is 0 Å². The van der Waals surface area contributed by atoms with Crippen LogP contribution in [0.4, 0.5) is 0 Å². The number of hydrogen-bond acceptors (Lipinski definition) is 1. The van der Waals surface area contributed by atoms with Crippen molar-refractivity contribution in [2.24, 2.45) is 0 Å². The molecule has 0 amide bonds. The molecule has 2 heteroatoms. The smallest absolute Gasteiger partial charge is 0.115 e. The molecule has 1 aromatic rings. The van der Waals surface area contributed by atoms with Crippen LogP contribution in [0.5, 0.6) is 0 Å². The average molecular weight is 166 g/mol. The van der Waals surface area contributed by atoms with Crippen LogP contribution in [0.1, 0.15) is 29.9 Å². The van der Waals surface area contributed by atoms with Gasteiger partial charge in [-0.1, -0.05) is 13.8 Å². The van der Waals surface area contributed by atoms with E-state index < -0.39 is 0 Å². The van der Waals surface area contributed by atoms with E-state index in [2.05, 4.69) is 40.9 Å². The minimum Gasteiger partial charge on any atom is -0.149 e. The Balaban J connectivity index is 3.15. The van der Waals surface area contributed by atoms with Crippen molar-refractivity contribution in [1.82, 2.24) is 0 Å². The zero-order valence-electron chi connectivity index (χ0n) is 7.99. The van der Waals surface area contributed by atoms with Gasteiger partial charge in [0.2, 0.25) is 0 Å². The fourth-order valence-corrected chi connectivity index (χ4v) is 2.41. The summed E-state index contributed by atoms with van der Waals surface area (Å²) in [6.07, 6.45) is 0. The van der Waals surface area contributed by atoms with Crippen LogP contribution in [-0.2, 0) is 5.31 Å². The molecule has 0 aliphatic carbocycles. The van der Waals surface area contributed by atoms with Gasteiger partial charge in [0.25, 0.3) is 0 Å². The van der Waals surface area contributed by atoms with Crippen molar-refractivity contribution in [2.75, 3.05) is 0 Å². The number of aryl methyl sites for hydroxylation is 1. The van der Waals surface area contributed by atoms with Gasteiger partial charge in [-0.25, -0.2) is 0 Å². The first-order chi connectivity index (χ1) is 4.93. The van der Waals surface area contributed by atoms with E-state index in [1.807, 2.05) is 11.3 Å². The van der Waals surface area contributed by atoms with Gasteiger partial charge in [-0.3, -0.25) is 0 Å². The molecule has 0 saturated heterocycles. The normalized spacial score (nSPS) is 12.0. The quantitative estimate of drug-likeness (QED) is 0.561. The van der Waals surface area contributed by atoms with Crippen LogP contribution in [0.15, 0.2) is 5.38 Å². The summed E-state index contributed by atoms with van der Waals surface area (Å²) in [4.78, 5) is 1.52. The SMILES string of the molecule is BC(C)(C)c1scc(C)c1C. The van der Waals surface area contributed by atoms with Gasteiger partial charge < -0.3 is 0 Å². The molecular formula is C9H15BS. The molecule has 0 aliphatic heterocycles. The van der Waals surface area contributed by atoms with Crippen LogP contribution in [-0.4, -0.2) is 7.85 Å². The first-order valence-electron chi connectivity index (χ1n) is 3.98. The Morgan fingerprint density at radius 3 is 2.09 bits per heavy atom. The summed E-state index contributed by atoms with van der Waals surface area (Å²) in [5.74, 6) is 0. The Kier molecular flexibility index (Phi) is 2.15. The van der Waals surface area contributed by atoms with E-state index in [0.717, 1.165) is 0 Å². The molecule has 0 unspecified atom stereocenters. The highest BCUT2D eigenvalue weighted by atomic mass is 32.1. The molecule has 0 radical (unpaired) electrons. The van der Waals surface area contributed by atoms with Crippen LogP contribution in [0, 0.1) is 13.8 Å². The van der Waals surface area contributed by atoms with E-state index in [4.69, 9.17) is 0 Å². The maximum atomic E-state index is 2.27. The van der Waals surface area contributed by atoms with Crippen molar-refractivity contribution >= 4 is 19.2 Å². The van der Waals surface area contributed by atoms with Gasteiger partial charge in [0.1, 0.15) is 7.85 Å². The van der Waals surface area contributed by atoms with Crippen LogP contribution < -0.4 is 0 Å². The lowest BCUT2D eigenvalue weighted by Gasteiger charge is -2.17. The first kappa shape index (κ1) is 8.86. The van der Waals surface area contributed by atoms with Crippen molar-refractivity contribution in [3.8, 4) is 0 Å². The summed E-state index contributed by atoms with van der Waals surface area (Å²) in [7, 11) is 2.27. The van der Waals surface area contributed by atoms with Crippen molar-refractivity contribution in [3.05, 3.63) is 21.4 Å². The summed E-state index contributed by atoms with van der Waals surface area (Å²) in [6, 6.07) is 0. The van der Waals surface area contributed by atoms with Gasteiger partial charge in [0, 0.05) is 4.88 Å². The minimum atomic E-state index is 0.322. The fourth-order valence-electron chi connectivity index (χ4n) is 1.24. The van der Waals surface area contributed by atoms with Crippen molar-refractivity contribution in [2.45, 2.75) is 33.0 Å². The third kappa shape index (κ3) is 1.67. The molecule has 0 saturated carbocycles. The van der Waals surface area contributed by atoms with Crippen LogP contribution >= 0.6 is 11.3 Å². The monoisotopic (exact) mass is 166 g/mol. The molecule has 0 aromatic carbocycles. The maximum absolute atomic E-state index is 2.27. The third-order valence-electron chi connectivity index (χ3n) is 1.97. The number of rotatable bonds is 1. The van der Waals surface area contributed by atoms with Gasteiger partial charge >= 0.3 is 0 Å². The lowest BCUT2D eigenvalue weighted by Crippen LogP contribution is -2.15. The molecule has 0 spiro atoms. The zero-order chi connectivity index (χ0) is 8.65. The zero-order valence-corrected chi connectivity index (χ0v) is 8.80. The highest BCUT2D eigenvalue weighted by Gasteiger charge is 2.18. The Labute approximate surface area is 74.0 Å². The summed E-state index contributed by atoms with van der Waals surface area (Å²) >= 11 is 1.88. The highest BCUT2D eigenvalue weighted by Crippen LogP contribution is 2.30. The summed E-state index contributed by atoms with van der Waals surface area (Å²) in [6.45, 7) is 8.93. The second-order valence-electron chi connectivity index (χ2n) is 4.12. The van der Waals surface area contributed by atoms with Crippen LogP contribution in [0.2, 0.25) is 0 Å². The van der Waals surface area contributed by atoms with Gasteiger partial charge in [-0.2, -0.15) is 0 Å². The van der Waals surface area contributed by atoms with Crippen molar-refractivity contribution < 1.29 is 0 Å². The molecule has 1 heterocycles. The van der Waals surface area contributed by atoms with Gasteiger partial charge in [0.05, 0.1) is 0 Å². The molecule has 0 atom stereocenters. The Morgan fingerprint density at radius 2 is 1.91 bits per heavy atom. The Hall–Kier alpha value is -0.235. The van der Waals surface area contributed by atoms with E-state index in [1.54, 1.807) is 0 Å². The highest BCUT2D eigenvalue weighted by molar-refractivity contribution is 7.10. The van der Waals surface area contributed by atoms with E-state index >= 15 is 0 Å². The molecule has 60 valence electrons. The number of thiophene rings is 1. The summed E-state index contributed by atoms with van der Waals surface area (Å²) in [5.41, 5.74) is 2.91. The lowest BCUT2D eigenvalue weighted by atomic mass is 9.70. The molecular weight excluding hydrogens is 151 g/mol. The number of hydrogen-bond donors (Lipinski definition) is 0. The first-order valence-corrected chi connectivity index (χ1v) is 4.86. The standard InChI is InChI=1S/C9H15BS/c1-6-5-11-8(7(6)2)9(3,4)10/h5H,10H2,1-4H3. The third-order valence-corrected chi connectivity index (χ3v) is 3.59. The maximum Gasteiger partial charge on any atom is 0.115 e. The minimum absolute atomic E-state index is 0.322. The average Bonchev–Trinajstić information content (AvgIpc) is 2.11. The van der Waals surface area contributed by atoms with E-state index in [-0.39, 0.29) is 0 Å².